The van der Waals surface area contributed by atoms with Crippen LogP contribution in [0.15, 0.2) is 22.7 Å². The number of H-pyrrole nitrogens is 1. The molecule has 6 heteroatoms. The van der Waals surface area contributed by atoms with Crippen molar-refractivity contribution in [2.45, 2.75) is 25.3 Å². The SMILES string of the molecule is CN1CCN(CC(=O)NC2CCCc3c2[nH]c2ccc(Br)cc32)CC1. The van der Waals surface area contributed by atoms with Crippen molar-refractivity contribution in [1.82, 2.24) is 20.1 Å². The van der Waals surface area contributed by atoms with E-state index in [0.29, 0.717) is 6.54 Å². The second kappa shape index (κ2) is 7.09. The van der Waals surface area contributed by atoms with Crippen molar-refractivity contribution in [1.29, 1.82) is 0 Å². The van der Waals surface area contributed by atoms with Crippen molar-refractivity contribution in [2.75, 3.05) is 39.8 Å². The number of piperazine rings is 1. The maximum Gasteiger partial charge on any atom is 0.234 e. The summed E-state index contributed by atoms with van der Waals surface area (Å²) in [6.45, 7) is 4.53. The summed E-state index contributed by atoms with van der Waals surface area (Å²) < 4.78 is 1.10. The molecule has 1 aromatic heterocycles. The van der Waals surface area contributed by atoms with E-state index >= 15 is 0 Å². The maximum atomic E-state index is 12.6. The average Bonchev–Trinajstić information content (AvgIpc) is 2.96. The molecule has 134 valence electrons. The van der Waals surface area contributed by atoms with Crippen molar-refractivity contribution in [3.63, 3.8) is 0 Å². The van der Waals surface area contributed by atoms with Crippen LogP contribution in [0.4, 0.5) is 0 Å². The second-order valence-electron chi connectivity index (χ2n) is 7.30. The lowest BCUT2D eigenvalue weighted by Gasteiger charge is -2.32. The summed E-state index contributed by atoms with van der Waals surface area (Å²) in [5.41, 5.74) is 3.73. The van der Waals surface area contributed by atoms with E-state index in [2.05, 4.69) is 61.3 Å². The van der Waals surface area contributed by atoms with Crippen molar-refractivity contribution >= 4 is 32.7 Å². The van der Waals surface area contributed by atoms with Crippen LogP contribution >= 0.6 is 15.9 Å². The first-order chi connectivity index (χ1) is 12.1. The zero-order valence-electron chi connectivity index (χ0n) is 14.6. The summed E-state index contributed by atoms with van der Waals surface area (Å²) in [6.07, 6.45) is 3.21. The van der Waals surface area contributed by atoms with Crippen LogP contribution in [-0.4, -0.2) is 60.5 Å². The fraction of sp³-hybridized carbons (Fsp3) is 0.526. The number of aromatic nitrogens is 1. The lowest BCUT2D eigenvalue weighted by atomic mass is 9.91. The number of benzene rings is 1. The van der Waals surface area contributed by atoms with Crippen LogP contribution in [0.25, 0.3) is 10.9 Å². The van der Waals surface area contributed by atoms with Crippen LogP contribution in [0.2, 0.25) is 0 Å². The van der Waals surface area contributed by atoms with Crippen molar-refractivity contribution in [3.05, 3.63) is 33.9 Å². The highest BCUT2D eigenvalue weighted by molar-refractivity contribution is 9.10. The van der Waals surface area contributed by atoms with Gasteiger partial charge in [-0.1, -0.05) is 15.9 Å². The highest BCUT2D eigenvalue weighted by Crippen LogP contribution is 2.35. The first-order valence-corrected chi connectivity index (χ1v) is 9.90. The van der Waals surface area contributed by atoms with Crippen molar-refractivity contribution in [3.8, 4) is 0 Å². The fourth-order valence-corrected chi connectivity index (χ4v) is 4.39. The van der Waals surface area contributed by atoms with E-state index in [-0.39, 0.29) is 11.9 Å². The minimum absolute atomic E-state index is 0.106. The summed E-state index contributed by atoms with van der Waals surface area (Å²) in [5.74, 6) is 0.141. The molecule has 0 saturated carbocycles. The molecule has 0 radical (unpaired) electrons. The van der Waals surface area contributed by atoms with E-state index in [4.69, 9.17) is 0 Å². The van der Waals surface area contributed by atoms with Crippen LogP contribution < -0.4 is 5.32 Å². The number of nitrogens with zero attached hydrogens (tertiary/aromatic N) is 2. The minimum atomic E-state index is 0.106. The molecule has 1 fully saturated rings. The number of fused-ring (bicyclic) bond motifs is 3. The monoisotopic (exact) mass is 404 g/mol. The zero-order chi connectivity index (χ0) is 17.4. The minimum Gasteiger partial charge on any atom is -0.356 e. The Kier molecular flexibility index (Phi) is 4.84. The van der Waals surface area contributed by atoms with Crippen molar-refractivity contribution in [2.24, 2.45) is 0 Å². The van der Waals surface area contributed by atoms with Crippen LogP contribution in [-0.2, 0) is 11.2 Å². The molecule has 2 N–H and O–H groups in total. The summed E-state index contributed by atoms with van der Waals surface area (Å²) in [7, 11) is 2.13. The Morgan fingerprint density at radius 3 is 2.92 bits per heavy atom. The van der Waals surface area contributed by atoms with Gasteiger partial charge in [0.1, 0.15) is 0 Å². The van der Waals surface area contributed by atoms with E-state index in [9.17, 15) is 4.79 Å². The number of hydrogen-bond acceptors (Lipinski definition) is 3. The number of carbonyl (C=O) groups is 1. The van der Waals surface area contributed by atoms with E-state index in [1.807, 2.05) is 0 Å². The third-order valence-electron chi connectivity index (χ3n) is 5.47. The van der Waals surface area contributed by atoms with Gasteiger partial charge < -0.3 is 15.2 Å². The Morgan fingerprint density at radius 1 is 1.32 bits per heavy atom. The molecular formula is C19H25BrN4O. The van der Waals surface area contributed by atoms with Crippen LogP contribution in [0, 0.1) is 0 Å². The molecule has 0 bridgehead atoms. The molecule has 1 aliphatic carbocycles. The molecule has 1 atom stereocenters. The molecule has 4 rings (SSSR count). The Hall–Kier alpha value is -1.37. The molecule has 2 aliphatic rings. The topological polar surface area (TPSA) is 51.4 Å². The average molecular weight is 405 g/mol. The van der Waals surface area contributed by atoms with Crippen LogP contribution in [0.3, 0.4) is 0 Å². The standard InChI is InChI=1S/C19H25BrN4O/c1-23-7-9-24(10-8-23)12-18(25)21-17-4-2-3-14-15-11-13(20)5-6-16(15)22-19(14)17/h5-6,11,17,22H,2-4,7-10,12H2,1H3,(H,21,25). The molecule has 2 aromatic rings. The number of aryl methyl sites for hydroxylation is 1. The molecule has 25 heavy (non-hydrogen) atoms. The normalized spacial score (nSPS) is 22.1. The third kappa shape index (κ3) is 3.61. The molecule has 1 saturated heterocycles. The van der Waals surface area contributed by atoms with Gasteiger partial charge in [-0.05, 0) is 50.1 Å². The maximum absolute atomic E-state index is 12.6. The first-order valence-electron chi connectivity index (χ1n) is 9.10. The van der Waals surface area contributed by atoms with Gasteiger partial charge in [-0.15, -0.1) is 0 Å². The Labute approximate surface area is 156 Å². The molecule has 1 amide bonds. The van der Waals surface area contributed by atoms with Gasteiger partial charge in [0.25, 0.3) is 0 Å². The second-order valence-corrected chi connectivity index (χ2v) is 8.21. The smallest absolute Gasteiger partial charge is 0.234 e. The Bertz CT molecular complexity index is 779. The van der Waals surface area contributed by atoms with Gasteiger partial charge in [0.2, 0.25) is 5.91 Å². The Morgan fingerprint density at radius 2 is 2.12 bits per heavy atom. The van der Waals surface area contributed by atoms with E-state index in [1.54, 1.807) is 0 Å². The van der Waals surface area contributed by atoms with E-state index in [0.717, 1.165) is 55.4 Å². The van der Waals surface area contributed by atoms with E-state index in [1.165, 1.54) is 16.6 Å². The first kappa shape index (κ1) is 17.1. The van der Waals surface area contributed by atoms with Crippen molar-refractivity contribution < 1.29 is 4.79 Å². The van der Waals surface area contributed by atoms with Gasteiger partial charge in [-0.3, -0.25) is 9.69 Å². The van der Waals surface area contributed by atoms with Gasteiger partial charge in [0.15, 0.2) is 0 Å². The van der Waals surface area contributed by atoms with E-state index < -0.39 is 0 Å². The summed E-state index contributed by atoms with van der Waals surface area (Å²) in [6, 6.07) is 6.46. The predicted octanol–water partition coefficient (Wildman–Crippen LogP) is 2.67. The number of halogens is 1. The summed E-state index contributed by atoms with van der Waals surface area (Å²) in [5, 5.41) is 4.55. The predicted molar refractivity (Wildman–Crippen MR) is 104 cm³/mol. The third-order valence-corrected chi connectivity index (χ3v) is 5.96. The number of carbonyl (C=O) groups excluding carboxylic acids is 1. The van der Waals surface area contributed by atoms with Gasteiger partial charge in [-0.2, -0.15) is 0 Å². The molecule has 1 aromatic carbocycles. The molecular weight excluding hydrogens is 380 g/mol. The van der Waals surface area contributed by atoms with Crippen LogP contribution in [0.1, 0.15) is 30.1 Å². The number of amides is 1. The Balaban J connectivity index is 1.47. The zero-order valence-corrected chi connectivity index (χ0v) is 16.2. The molecule has 5 nitrogen and oxygen atoms in total. The fourth-order valence-electron chi connectivity index (χ4n) is 4.03. The number of likely N-dealkylation sites (N-methyl/N-ethyl adjacent to an activating group) is 1. The van der Waals surface area contributed by atoms with Gasteiger partial charge in [-0.25, -0.2) is 0 Å². The van der Waals surface area contributed by atoms with Gasteiger partial charge in [0, 0.05) is 47.2 Å². The quantitative estimate of drug-likeness (QED) is 0.826. The van der Waals surface area contributed by atoms with Gasteiger partial charge >= 0.3 is 0 Å². The lowest BCUT2D eigenvalue weighted by molar-refractivity contribution is -0.123. The highest BCUT2D eigenvalue weighted by Gasteiger charge is 2.26. The summed E-state index contributed by atoms with van der Waals surface area (Å²) >= 11 is 3.57. The number of nitrogens with one attached hydrogen (secondary N) is 2. The number of aromatic amines is 1. The number of hydrogen-bond donors (Lipinski definition) is 2. The van der Waals surface area contributed by atoms with Gasteiger partial charge in [0.05, 0.1) is 12.6 Å². The highest BCUT2D eigenvalue weighted by atomic mass is 79.9. The molecule has 2 heterocycles. The summed E-state index contributed by atoms with van der Waals surface area (Å²) in [4.78, 5) is 20.7. The number of rotatable bonds is 3. The largest absolute Gasteiger partial charge is 0.356 e. The molecule has 1 aliphatic heterocycles. The van der Waals surface area contributed by atoms with Crippen LogP contribution in [0.5, 0.6) is 0 Å². The molecule has 1 unspecified atom stereocenters. The lowest BCUT2D eigenvalue weighted by Crippen LogP contribution is -2.48. The molecule has 0 spiro atoms.